The molecule has 0 aliphatic rings. The summed E-state index contributed by atoms with van der Waals surface area (Å²) < 4.78 is 5.20. The zero-order chi connectivity index (χ0) is 20.8. The van der Waals surface area contributed by atoms with Crippen molar-refractivity contribution < 1.29 is 19.4 Å². The van der Waals surface area contributed by atoms with Crippen LogP contribution >= 0.6 is 0 Å². The number of likely N-dealkylation sites (N-methyl/N-ethyl adjacent to an activating group) is 1. The van der Waals surface area contributed by atoms with Crippen LogP contribution in [0.3, 0.4) is 0 Å². The van der Waals surface area contributed by atoms with Gasteiger partial charge in [0.25, 0.3) is 11.6 Å². The van der Waals surface area contributed by atoms with E-state index < -0.39 is 4.92 Å². The van der Waals surface area contributed by atoms with Crippen LogP contribution in [0.25, 0.3) is 0 Å². The van der Waals surface area contributed by atoms with Crippen LogP contribution in [0.5, 0.6) is 5.75 Å². The van der Waals surface area contributed by atoms with E-state index >= 15 is 0 Å². The second kappa shape index (κ2) is 9.18. The lowest BCUT2D eigenvalue weighted by Gasteiger charge is -2.22. The topological polar surface area (TPSA) is 89.1 Å². The standard InChI is InChI=1S/C20H26N4O4/c1-14(23(4)13-15-6-8-16(9-7-15)22(2)3)20(25)21-18-12-17(24(26)27)10-11-19(18)28-5/h6-12,14H,13H2,1-5H3,(H,21,25)/p+1/t14-/m0/s1. The second-order valence-electron chi connectivity index (χ2n) is 6.94. The molecule has 150 valence electrons. The van der Waals surface area contributed by atoms with Gasteiger partial charge in [-0.15, -0.1) is 0 Å². The van der Waals surface area contributed by atoms with E-state index in [0.717, 1.165) is 16.2 Å². The molecule has 0 bridgehead atoms. The summed E-state index contributed by atoms with van der Waals surface area (Å²) in [6.45, 7) is 2.50. The second-order valence-corrected chi connectivity index (χ2v) is 6.94. The number of nitro benzene ring substituents is 1. The zero-order valence-corrected chi connectivity index (χ0v) is 16.9. The maximum atomic E-state index is 12.7. The number of nitro groups is 1. The van der Waals surface area contributed by atoms with Gasteiger partial charge in [0.1, 0.15) is 12.3 Å². The van der Waals surface area contributed by atoms with Gasteiger partial charge in [-0.2, -0.15) is 0 Å². The molecule has 0 saturated carbocycles. The maximum Gasteiger partial charge on any atom is 0.282 e. The van der Waals surface area contributed by atoms with Gasteiger partial charge in [0, 0.05) is 37.5 Å². The van der Waals surface area contributed by atoms with Gasteiger partial charge in [-0.1, -0.05) is 12.1 Å². The van der Waals surface area contributed by atoms with E-state index in [-0.39, 0.29) is 23.3 Å². The summed E-state index contributed by atoms with van der Waals surface area (Å²) in [5.41, 5.74) is 2.42. The molecule has 8 heteroatoms. The summed E-state index contributed by atoms with van der Waals surface area (Å²) in [6, 6.07) is 11.9. The molecule has 2 aromatic rings. The highest BCUT2D eigenvalue weighted by Gasteiger charge is 2.24. The molecule has 2 N–H and O–H groups in total. The minimum atomic E-state index is -0.507. The van der Waals surface area contributed by atoms with E-state index in [1.807, 2.05) is 57.2 Å². The average Bonchev–Trinajstić information content (AvgIpc) is 2.67. The number of hydrogen-bond donors (Lipinski definition) is 2. The smallest absolute Gasteiger partial charge is 0.282 e. The Morgan fingerprint density at radius 2 is 1.89 bits per heavy atom. The number of nitrogens with zero attached hydrogens (tertiary/aromatic N) is 2. The lowest BCUT2D eigenvalue weighted by atomic mass is 10.1. The molecular weight excluding hydrogens is 360 g/mol. The van der Waals surface area contributed by atoms with Crippen LogP contribution in [-0.4, -0.2) is 45.1 Å². The fourth-order valence-electron chi connectivity index (χ4n) is 2.76. The van der Waals surface area contributed by atoms with Gasteiger partial charge in [-0.05, 0) is 25.1 Å². The van der Waals surface area contributed by atoms with Crippen LogP contribution in [0, 0.1) is 10.1 Å². The zero-order valence-electron chi connectivity index (χ0n) is 16.9. The van der Waals surface area contributed by atoms with Gasteiger partial charge in [0.15, 0.2) is 6.04 Å². The molecule has 0 fully saturated rings. The number of amides is 1. The number of methoxy groups -OCH3 is 1. The SMILES string of the molecule is COc1ccc([N+](=O)[O-])cc1NC(=O)[C@H](C)[NH+](C)Cc1ccc(N(C)C)cc1. The summed E-state index contributed by atoms with van der Waals surface area (Å²) in [4.78, 5) is 26.2. The Labute approximate surface area is 164 Å². The Balaban J connectivity index is 2.07. The van der Waals surface area contributed by atoms with E-state index in [0.29, 0.717) is 12.3 Å². The van der Waals surface area contributed by atoms with Crippen LogP contribution in [0.1, 0.15) is 12.5 Å². The number of quaternary nitrogens is 1. The van der Waals surface area contributed by atoms with E-state index in [1.54, 1.807) is 0 Å². The molecule has 2 atom stereocenters. The van der Waals surface area contributed by atoms with Crippen molar-refractivity contribution in [2.45, 2.75) is 19.5 Å². The lowest BCUT2D eigenvalue weighted by Crippen LogP contribution is -3.12. The Hall–Kier alpha value is -3.13. The molecule has 1 unspecified atom stereocenters. The highest BCUT2D eigenvalue weighted by molar-refractivity contribution is 5.95. The fourth-order valence-corrected chi connectivity index (χ4v) is 2.76. The molecular formula is C20H27N4O4+. The van der Waals surface area contributed by atoms with Crippen molar-refractivity contribution in [1.29, 1.82) is 0 Å². The number of anilines is 2. The number of carbonyl (C=O) groups excluding carboxylic acids is 1. The van der Waals surface area contributed by atoms with Gasteiger partial charge in [-0.3, -0.25) is 14.9 Å². The third-order valence-corrected chi connectivity index (χ3v) is 4.72. The van der Waals surface area contributed by atoms with Crippen molar-refractivity contribution in [1.82, 2.24) is 0 Å². The van der Waals surface area contributed by atoms with Crippen molar-refractivity contribution in [2.24, 2.45) is 0 Å². The first-order valence-corrected chi connectivity index (χ1v) is 8.94. The minimum absolute atomic E-state index is 0.106. The van der Waals surface area contributed by atoms with Crippen LogP contribution in [0.15, 0.2) is 42.5 Å². The van der Waals surface area contributed by atoms with Gasteiger partial charge in [0.2, 0.25) is 0 Å². The number of rotatable bonds is 8. The number of ether oxygens (including phenoxy) is 1. The first-order chi connectivity index (χ1) is 13.2. The molecule has 8 nitrogen and oxygen atoms in total. The number of benzene rings is 2. The fraction of sp³-hybridized carbons (Fsp3) is 0.350. The van der Waals surface area contributed by atoms with Crippen molar-refractivity contribution in [3.8, 4) is 5.75 Å². The monoisotopic (exact) mass is 387 g/mol. The summed E-state index contributed by atoms with van der Waals surface area (Å²) in [7, 11) is 7.37. The normalized spacial score (nSPS) is 12.8. The highest BCUT2D eigenvalue weighted by atomic mass is 16.6. The Morgan fingerprint density at radius 3 is 2.43 bits per heavy atom. The number of non-ortho nitro benzene ring substituents is 1. The molecule has 1 amide bonds. The molecule has 0 aliphatic carbocycles. The van der Waals surface area contributed by atoms with E-state index in [9.17, 15) is 14.9 Å². The molecule has 0 aromatic heterocycles. The molecule has 0 spiro atoms. The summed E-state index contributed by atoms with van der Waals surface area (Å²) >= 11 is 0. The van der Waals surface area contributed by atoms with Gasteiger partial charge in [-0.25, -0.2) is 0 Å². The van der Waals surface area contributed by atoms with Gasteiger partial charge < -0.3 is 19.9 Å². The predicted molar refractivity (Wildman–Crippen MR) is 109 cm³/mol. The Morgan fingerprint density at radius 1 is 1.25 bits per heavy atom. The van der Waals surface area contributed by atoms with Crippen LogP contribution < -0.4 is 19.9 Å². The Bertz CT molecular complexity index is 837. The van der Waals surface area contributed by atoms with Crippen molar-refractivity contribution in [3.05, 3.63) is 58.1 Å². The van der Waals surface area contributed by atoms with Crippen molar-refractivity contribution in [3.63, 3.8) is 0 Å². The third kappa shape index (κ3) is 5.20. The quantitative estimate of drug-likeness (QED) is 0.532. The van der Waals surface area contributed by atoms with Crippen LogP contribution in [-0.2, 0) is 11.3 Å². The van der Waals surface area contributed by atoms with Gasteiger partial charge in [0.05, 0.1) is 24.8 Å². The molecule has 0 heterocycles. The molecule has 2 rings (SSSR count). The molecule has 0 aliphatic heterocycles. The van der Waals surface area contributed by atoms with Crippen LogP contribution in [0.4, 0.5) is 17.1 Å². The van der Waals surface area contributed by atoms with Crippen LogP contribution in [0.2, 0.25) is 0 Å². The molecule has 0 radical (unpaired) electrons. The number of carbonyl (C=O) groups is 1. The third-order valence-electron chi connectivity index (χ3n) is 4.72. The number of hydrogen-bond acceptors (Lipinski definition) is 5. The largest absolute Gasteiger partial charge is 0.495 e. The number of nitrogens with one attached hydrogen (secondary N) is 2. The molecule has 0 saturated heterocycles. The molecule has 2 aromatic carbocycles. The Kier molecular flexibility index (Phi) is 6.94. The lowest BCUT2D eigenvalue weighted by molar-refractivity contribution is -0.907. The van der Waals surface area contributed by atoms with E-state index in [2.05, 4.69) is 5.32 Å². The van der Waals surface area contributed by atoms with Crippen molar-refractivity contribution >= 4 is 23.0 Å². The molecule has 28 heavy (non-hydrogen) atoms. The first-order valence-electron chi connectivity index (χ1n) is 8.94. The summed E-state index contributed by atoms with van der Waals surface area (Å²) in [6.07, 6.45) is 0. The summed E-state index contributed by atoms with van der Waals surface area (Å²) in [5.74, 6) is 0.143. The van der Waals surface area contributed by atoms with E-state index in [4.69, 9.17) is 4.74 Å². The van der Waals surface area contributed by atoms with Gasteiger partial charge >= 0.3 is 0 Å². The minimum Gasteiger partial charge on any atom is -0.495 e. The van der Waals surface area contributed by atoms with Crippen molar-refractivity contribution in [2.75, 3.05) is 38.5 Å². The van der Waals surface area contributed by atoms with E-state index in [1.165, 1.54) is 25.3 Å². The summed E-state index contributed by atoms with van der Waals surface area (Å²) in [5, 5.41) is 13.7. The maximum absolute atomic E-state index is 12.7. The first kappa shape index (κ1) is 21.2. The predicted octanol–water partition coefficient (Wildman–Crippen LogP) is 1.71. The highest BCUT2D eigenvalue weighted by Crippen LogP contribution is 2.28. The average molecular weight is 387 g/mol.